The molecule has 5 heteroatoms. The summed E-state index contributed by atoms with van der Waals surface area (Å²) in [6.07, 6.45) is -0.573. The number of rotatable bonds is 6. The van der Waals surface area contributed by atoms with Gasteiger partial charge in [-0.2, -0.15) is 0 Å². The fourth-order valence-corrected chi connectivity index (χ4v) is 2.39. The van der Waals surface area contributed by atoms with Gasteiger partial charge in [-0.15, -0.1) is 0 Å². The van der Waals surface area contributed by atoms with Crippen molar-refractivity contribution in [1.29, 1.82) is 0 Å². The minimum atomic E-state index is -0.573. The SMILES string of the molecule is CC(O)CNC(=O)c1cc2ccc(OCc3ccccc3)cc2[nH]1. The number of aliphatic hydroxyl groups excluding tert-OH is 1. The molecule has 24 heavy (non-hydrogen) atoms. The van der Waals surface area contributed by atoms with Crippen LogP contribution in [-0.4, -0.2) is 28.6 Å². The molecule has 3 N–H and O–H groups in total. The number of aromatic nitrogens is 1. The molecule has 0 radical (unpaired) electrons. The van der Waals surface area contributed by atoms with E-state index in [1.54, 1.807) is 13.0 Å². The summed E-state index contributed by atoms with van der Waals surface area (Å²) in [5, 5.41) is 12.8. The molecule has 0 aliphatic carbocycles. The minimum absolute atomic E-state index is 0.222. The third-order valence-electron chi connectivity index (χ3n) is 3.64. The molecule has 1 heterocycles. The van der Waals surface area contributed by atoms with E-state index < -0.39 is 6.10 Å². The van der Waals surface area contributed by atoms with Crippen LogP contribution in [-0.2, 0) is 6.61 Å². The van der Waals surface area contributed by atoms with Gasteiger partial charge >= 0.3 is 0 Å². The van der Waals surface area contributed by atoms with Gasteiger partial charge in [0.25, 0.3) is 5.91 Å². The second-order valence-corrected chi connectivity index (χ2v) is 5.77. The summed E-state index contributed by atoms with van der Waals surface area (Å²) in [6, 6.07) is 17.4. The van der Waals surface area contributed by atoms with Crippen LogP contribution in [0.2, 0.25) is 0 Å². The zero-order valence-corrected chi connectivity index (χ0v) is 13.5. The number of carbonyl (C=O) groups excluding carboxylic acids is 1. The van der Waals surface area contributed by atoms with Crippen LogP contribution in [0.1, 0.15) is 23.0 Å². The molecule has 1 atom stereocenters. The lowest BCUT2D eigenvalue weighted by molar-refractivity contribution is 0.0920. The Bertz CT molecular complexity index is 825. The van der Waals surface area contributed by atoms with Gasteiger partial charge < -0.3 is 20.1 Å². The second kappa shape index (κ2) is 7.19. The Morgan fingerprint density at radius 2 is 2.00 bits per heavy atom. The van der Waals surface area contributed by atoms with E-state index in [9.17, 15) is 9.90 Å². The predicted molar refractivity (Wildman–Crippen MR) is 93.1 cm³/mol. The number of aliphatic hydroxyl groups is 1. The van der Waals surface area contributed by atoms with Crippen LogP contribution >= 0.6 is 0 Å². The number of benzene rings is 2. The first-order valence-electron chi connectivity index (χ1n) is 7.87. The van der Waals surface area contributed by atoms with Crippen molar-refractivity contribution in [2.75, 3.05) is 6.54 Å². The zero-order chi connectivity index (χ0) is 16.9. The highest BCUT2D eigenvalue weighted by atomic mass is 16.5. The summed E-state index contributed by atoms with van der Waals surface area (Å²) in [6.45, 7) is 2.34. The fourth-order valence-electron chi connectivity index (χ4n) is 2.39. The number of amides is 1. The molecular formula is C19H20N2O3. The zero-order valence-electron chi connectivity index (χ0n) is 13.5. The first kappa shape index (κ1) is 16.1. The van der Waals surface area contributed by atoms with Gasteiger partial charge in [0.15, 0.2) is 0 Å². The lowest BCUT2D eigenvalue weighted by atomic mass is 10.2. The standard InChI is InChI=1S/C19H20N2O3/c1-13(22)11-20-19(23)18-9-15-7-8-16(10-17(15)21-18)24-12-14-5-3-2-4-6-14/h2-10,13,21-22H,11-12H2,1H3,(H,20,23). The Kier molecular flexibility index (Phi) is 4.82. The Labute approximate surface area is 140 Å². The van der Waals surface area contributed by atoms with Gasteiger partial charge in [-0.25, -0.2) is 0 Å². The lowest BCUT2D eigenvalue weighted by Gasteiger charge is -2.06. The monoisotopic (exact) mass is 324 g/mol. The third-order valence-corrected chi connectivity index (χ3v) is 3.64. The molecule has 3 rings (SSSR count). The topological polar surface area (TPSA) is 74.3 Å². The first-order valence-corrected chi connectivity index (χ1v) is 7.87. The van der Waals surface area contributed by atoms with Crippen molar-refractivity contribution in [3.63, 3.8) is 0 Å². The molecule has 5 nitrogen and oxygen atoms in total. The largest absolute Gasteiger partial charge is 0.489 e. The number of fused-ring (bicyclic) bond motifs is 1. The van der Waals surface area contributed by atoms with Crippen LogP contribution in [0, 0.1) is 0 Å². The first-order chi connectivity index (χ1) is 11.6. The molecule has 1 aromatic heterocycles. The summed E-state index contributed by atoms with van der Waals surface area (Å²) in [7, 11) is 0. The van der Waals surface area contributed by atoms with Gasteiger partial charge in [0.05, 0.1) is 6.10 Å². The lowest BCUT2D eigenvalue weighted by Crippen LogP contribution is -2.30. The smallest absolute Gasteiger partial charge is 0.267 e. The highest BCUT2D eigenvalue weighted by molar-refractivity contribution is 5.98. The number of hydrogen-bond donors (Lipinski definition) is 3. The highest BCUT2D eigenvalue weighted by Crippen LogP contribution is 2.22. The minimum Gasteiger partial charge on any atom is -0.489 e. The highest BCUT2D eigenvalue weighted by Gasteiger charge is 2.10. The number of H-pyrrole nitrogens is 1. The van der Waals surface area contributed by atoms with Crippen LogP contribution < -0.4 is 10.1 Å². The molecule has 0 aliphatic rings. The average Bonchev–Trinajstić information content (AvgIpc) is 3.02. The van der Waals surface area contributed by atoms with E-state index in [-0.39, 0.29) is 12.5 Å². The summed E-state index contributed by atoms with van der Waals surface area (Å²) < 4.78 is 5.80. The average molecular weight is 324 g/mol. The molecular weight excluding hydrogens is 304 g/mol. The number of hydrogen-bond acceptors (Lipinski definition) is 3. The van der Waals surface area contributed by atoms with Gasteiger partial charge in [-0.3, -0.25) is 4.79 Å². The second-order valence-electron chi connectivity index (χ2n) is 5.77. The van der Waals surface area contributed by atoms with Crippen molar-refractivity contribution in [3.8, 4) is 5.75 Å². The van der Waals surface area contributed by atoms with Gasteiger partial charge in [-0.05, 0) is 30.7 Å². The number of nitrogens with one attached hydrogen (secondary N) is 2. The van der Waals surface area contributed by atoms with Gasteiger partial charge in [0.2, 0.25) is 0 Å². The maximum atomic E-state index is 12.0. The van der Waals surface area contributed by atoms with Crippen molar-refractivity contribution in [2.24, 2.45) is 0 Å². The number of carbonyl (C=O) groups is 1. The van der Waals surface area contributed by atoms with Crippen LogP contribution in [0.3, 0.4) is 0 Å². The summed E-state index contributed by atoms with van der Waals surface area (Å²) in [5.41, 5.74) is 2.40. The summed E-state index contributed by atoms with van der Waals surface area (Å²) >= 11 is 0. The van der Waals surface area contributed by atoms with E-state index in [2.05, 4.69) is 10.3 Å². The quantitative estimate of drug-likeness (QED) is 0.653. The van der Waals surface area contributed by atoms with E-state index in [0.29, 0.717) is 12.3 Å². The molecule has 124 valence electrons. The molecule has 0 bridgehead atoms. The number of aromatic amines is 1. The Morgan fingerprint density at radius 1 is 1.21 bits per heavy atom. The fraction of sp³-hybridized carbons (Fsp3) is 0.211. The molecule has 1 amide bonds. The molecule has 0 spiro atoms. The summed E-state index contributed by atoms with van der Waals surface area (Å²) in [5.74, 6) is 0.503. The molecule has 0 fully saturated rings. The Balaban J connectivity index is 1.70. The van der Waals surface area contributed by atoms with E-state index >= 15 is 0 Å². The van der Waals surface area contributed by atoms with E-state index in [1.165, 1.54) is 0 Å². The van der Waals surface area contributed by atoms with E-state index in [0.717, 1.165) is 22.2 Å². The molecule has 0 saturated heterocycles. The van der Waals surface area contributed by atoms with Crippen molar-refractivity contribution in [2.45, 2.75) is 19.6 Å². The predicted octanol–water partition coefficient (Wildman–Crippen LogP) is 2.86. The molecule has 0 saturated carbocycles. The molecule has 0 aliphatic heterocycles. The van der Waals surface area contributed by atoms with Crippen molar-refractivity contribution < 1.29 is 14.6 Å². The Morgan fingerprint density at radius 3 is 2.75 bits per heavy atom. The normalized spacial score (nSPS) is 12.1. The van der Waals surface area contributed by atoms with E-state index in [1.807, 2.05) is 48.5 Å². The van der Waals surface area contributed by atoms with Crippen molar-refractivity contribution >= 4 is 16.8 Å². The molecule has 1 unspecified atom stereocenters. The van der Waals surface area contributed by atoms with Gasteiger partial charge in [-0.1, -0.05) is 30.3 Å². The Hall–Kier alpha value is -2.79. The van der Waals surface area contributed by atoms with Gasteiger partial charge in [0.1, 0.15) is 18.1 Å². The van der Waals surface area contributed by atoms with Crippen LogP contribution in [0.25, 0.3) is 10.9 Å². The van der Waals surface area contributed by atoms with Gasteiger partial charge in [0, 0.05) is 23.5 Å². The van der Waals surface area contributed by atoms with E-state index in [4.69, 9.17) is 4.74 Å². The maximum Gasteiger partial charge on any atom is 0.267 e. The van der Waals surface area contributed by atoms with Crippen LogP contribution in [0.4, 0.5) is 0 Å². The van der Waals surface area contributed by atoms with Crippen LogP contribution in [0.15, 0.2) is 54.6 Å². The summed E-state index contributed by atoms with van der Waals surface area (Å²) in [4.78, 5) is 15.1. The molecule has 3 aromatic rings. The molecule has 2 aromatic carbocycles. The van der Waals surface area contributed by atoms with Crippen LogP contribution in [0.5, 0.6) is 5.75 Å². The van der Waals surface area contributed by atoms with Crippen molar-refractivity contribution in [3.05, 3.63) is 65.9 Å². The third kappa shape index (κ3) is 3.94. The van der Waals surface area contributed by atoms with Crippen molar-refractivity contribution in [1.82, 2.24) is 10.3 Å². The maximum absolute atomic E-state index is 12.0. The number of ether oxygens (including phenoxy) is 1.